The number of nitriles is 1. The van der Waals surface area contributed by atoms with Crippen LogP contribution in [0.25, 0.3) is 17.1 Å². The summed E-state index contributed by atoms with van der Waals surface area (Å²) in [7, 11) is 0. The fourth-order valence-corrected chi connectivity index (χ4v) is 4.40. The van der Waals surface area contributed by atoms with Gasteiger partial charge in [-0.25, -0.2) is 9.78 Å². The molecule has 5 heteroatoms. The van der Waals surface area contributed by atoms with Crippen LogP contribution in [0.15, 0.2) is 36.4 Å². The number of hydrogen-bond donors (Lipinski definition) is 0. The second-order valence-electron chi connectivity index (χ2n) is 7.36. The summed E-state index contributed by atoms with van der Waals surface area (Å²) in [5.41, 5.74) is 6.55. The van der Waals surface area contributed by atoms with E-state index in [0.29, 0.717) is 17.9 Å². The lowest BCUT2D eigenvalue weighted by Crippen LogP contribution is -2.10. The molecule has 0 aliphatic heterocycles. The zero-order chi connectivity index (χ0) is 20.5. The lowest BCUT2D eigenvalue weighted by Gasteiger charge is -2.18. The Morgan fingerprint density at radius 1 is 1.38 bits per heavy atom. The number of esters is 1. The van der Waals surface area contributed by atoms with E-state index in [1.807, 2.05) is 26.0 Å². The second-order valence-corrected chi connectivity index (χ2v) is 7.36. The largest absolute Gasteiger partial charge is 0.463 e. The molecule has 0 spiro atoms. The van der Waals surface area contributed by atoms with E-state index in [1.54, 1.807) is 13.0 Å². The molecular weight excluding hydrogens is 362 g/mol. The molecule has 0 amide bonds. The third-order valence-corrected chi connectivity index (χ3v) is 5.51. The van der Waals surface area contributed by atoms with Crippen LogP contribution in [-0.4, -0.2) is 22.1 Å². The van der Waals surface area contributed by atoms with Crippen LogP contribution in [0, 0.1) is 25.2 Å². The lowest BCUT2D eigenvalue weighted by atomic mass is 10.1. The monoisotopic (exact) mass is 385 g/mol. The van der Waals surface area contributed by atoms with E-state index < -0.39 is 5.97 Å². The molecule has 5 nitrogen and oxygen atoms in total. The van der Waals surface area contributed by atoms with E-state index in [1.165, 1.54) is 17.2 Å². The van der Waals surface area contributed by atoms with Gasteiger partial charge in [-0.2, -0.15) is 5.26 Å². The molecule has 1 aromatic carbocycles. The van der Waals surface area contributed by atoms with Gasteiger partial charge in [-0.1, -0.05) is 24.3 Å². The fourth-order valence-electron chi connectivity index (χ4n) is 4.40. The van der Waals surface area contributed by atoms with Gasteiger partial charge in [0.25, 0.3) is 0 Å². The summed E-state index contributed by atoms with van der Waals surface area (Å²) in [4.78, 5) is 16.8. The molecule has 0 saturated heterocycles. The maximum Gasteiger partial charge on any atom is 0.330 e. The number of ether oxygens (including phenoxy) is 1. The molecule has 2 heterocycles. The highest BCUT2D eigenvalue weighted by Crippen LogP contribution is 2.40. The first-order chi connectivity index (χ1) is 14.0. The standard InChI is InChI=1S/C24H23N3O2/c1-4-29-22(28)12-11-21-19(14-25)23-15(2)13-16(3)26-24(23)27(21)20-10-9-17-7-5-6-8-18(17)20/h5-8,11-13,20H,4,9-10H2,1-3H3/b12-11+. The van der Waals surface area contributed by atoms with E-state index in [9.17, 15) is 10.1 Å². The van der Waals surface area contributed by atoms with Crippen LogP contribution in [0.1, 0.15) is 53.0 Å². The number of benzene rings is 1. The van der Waals surface area contributed by atoms with Crippen molar-refractivity contribution in [3.8, 4) is 6.07 Å². The first-order valence-electron chi connectivity index (χ1n) is 9.90. The topological polar surface area (TPSA) is 67.9 Å². The minimum absolute atomic E-state index is 0.0753. The summed E-state index contributed by atoms with van der Waals surface area (Å²) in [5.74, 6) is -0.416. The summed E-state index contributed by atoms with van der Waals surface area (Å²) in [6.45, 7) is 6.05. The first kappa shape index (κ1) is 18.9. The smallest absolute Gasteiger partial charge is 0.330 e. The van der Waals surface area contributed by atoms with E-state index in [4.69, 9.17) is 9.72 Å². The number of fused-ring (bicyclic) bond motifs is 2. The third-order valence-electron chi connectivity index (χ3n) is 5.51. The molecule has 1 aliphatic carbocycles. The van der Waals surface area contributed by atoms with Crippen LogP contribution in [0.3, 0.4) is 0 Å². The molecule has 0 bridgehead atoms. The molecule has 3 aromatic rings. The Bertz CT molecular complexity index is 1180. The van der Waals surface area contributed by atoms with Crippen molar-refractivity contribution in [2.24, 2.45) is 0 Å². The number of pyridine rings is 1. The quantitative estimate of drug-likeness (QED) is 0.485. The molecule has 0 fully saturated rings. The van der Waals surface area contributed by atoms with Gasteiger partial charge < -0.3 is 9.30 Å². The highest BCUT2D eigenvalue weighted by molar-refractivity contribution is 5.94. The van der Waals surface area contributed by atoms with E-state index in [2.05, 4.69) is 28.8 Å². The van der Waals surface area contributed by atoms with Gasteiger partial charge >= 0.3 is 5.97 Å². The van der Waals surface area contributed by atoms with E-state index >= 15 is 0 Å². The number of carbonyl (C=O) groups is 1. The van der Waals surface area contributed by atoms with Gasteiger partial charge in [-0.15, -0.1) is 0 Å². The predicted molar refractivity (Wildman–Crippen MR) is 112 cm³/mol. The zero-order valence-electron chi connectivity index (χ0n) is 16.9. The van der Waals surface area contributed by atoms with Crippen LogP contribution in [0.5, 0.6) is 0 Å². The van der Waals surface area contributed by atoms with Crippen LogP contribution < -0.4 is 0 Å². The van der Waals surface area contributed by atoms with Crippen molar-refractivity contribution in [2.45, 2.75) is 39.7 Å². The molecule has 4 rings (SSSR count). The summed E-state index contributed by atoms with van der Waals surface area (Å²) in [5, 5.41) is 10.8. The number of aryl methyl sites for hydroxylation is 3. The van der Waals surface area contributed by atoms with Crippen molar-refractivity contribution in [1.29, 1.82) is 5.26 Å². The van der Waals surface area contributed by atoms with Gasteiger partial charge in [-0.3, -0.25) is 0 Å². The fraction of sp³-hybridized carbons (Fsp3) is 0.292. The van der Waals surface area contributed by atoms with Gasteiger partial charge in [0.2, 0.25) is 0 Å². The third kappa shape index (κ3) is 3.21. The Morgan fingerprint density at radius 2 is 2.17 bits per heavy atom. The minimum Gasteiger partial charge on any atom is -0.463 e. The highest BCUT2D eigenvalue weighted by Gasteiger charge is 2.29. The molecule has 146 valence electrons. The van der Waals surface area contributed by atoms with E-state index in [-0.39, 0.29) is 6.04 Å². The lowest BCUT2D eigenvalue weighted by molar-refractivity contribution is -0.137. The Morgan fingerprint density at radius 3 is 2.93 bits per heavy atom. The first-order valence-corrected chi connectivity index (χ1v) is 9.90. The van der Waals surface area contributed by atoms with Crippen molar-refractivity contribution in [1.82, 2.24) is 9.55 Å². The summed E-state index contributed by atoms with van der Waals surface area (Å²) in [6, 6.07) is 12.8. The van der Waals surface area contributed by atoms with Crippen molar-refractivity contribution in [3.05, 3.63) is 70.0 Å². The van der Waals surface area contributed by atoms with Gasteiger partial charge in [0.1, 0.15) is 11.7 Å². The van der Waals surface area contributed by atoms with Crippen LogP contribution in [0.4, 0.5) is 0 Å². The molecule has 2 aromatic heterocycles. The predicted octanol–water partition coefficient (Wildman–Crippen LogP) is 4.64. The normalized spacial score (nSPS) is 15.6. The van der Waals surface area contributed by atoms with Crippen molar-refractivity contribution >= 4 is 23.1 Å². The Hall–Kier alpha value is -3.39. The second kappa shape index (κ2) is 7.56. The average molecular weight is 385 g/mol. The zero-order valence-corrected chi connectivity index (χ0v) is 16.9. The molecule has 29 heavy (non-hydrogen) atoms. The number of rotatable bonds is 4. The maximum absolute atomic E-state index is 12.0. The van der Waals surface area contributed by atoms with Gasteiger partial charge in [0.05, 0.1) is 23.9 Å². The molecule has 1 atom stereocenters. The molecule has 1 unspecified atom stereocenters. The molecular formula is C24H23N3O2. The average Bonchev–Trinajstić information content (AvgIpc) is 3.24. The van der Waals surface area contributed by atoms with Crippen molar-refractivity contribution < 1.29 is 9.53 Å². The Balaban J connectivity index is 2.00. The molecule has 0 saturated carbocycles. The summed E-state index contributed by atoms with van der Waals surface area (Å²) >= 11 is 0. The van der Waals surface area contributed by atoms with Crippen LogP contribution >= 0.6 is 0 Å². The maximum atomic E-state index is 12.0. The van der Waals surface area contributed by atoms with Crippen LogP contribution in [0.2, 0.25) is 0 Å². The number of nitrogens with zero attached hydrogens (tertiary/aromatic N) is 3. The number of aromatic nitrogens is 2. The Kier molecular flexibility index (Phi) is 4.94. The Labute approximate surface area is 170 Å². The van der Waals surface area contributed by atoms with Gasteiger partial charge in [0.15, 0.2) is 0 Å². The van der Waals surface area contributed by atoms with Crippen molar-refractivity contribution in [2.75, 3.05) is 6.61 Å². The molecule has 0 radical (unpaired) electrons. The summed E-state index contributed by atoms with van der Waals surface area (Å²) in [6.07, 6.45) is 5.02. The number of hydrogen-bond acceptors (Lipinski definition) is 4. The molecule has 0 N–H and O–H groups in total. The van der Waals surface area contributed by atoms with Crippen LogP contribution in [-0.2, 0) is 16.0 Å². The van der Waals surface area contributed by atoms with Gasteiger partial charge in [-0.05, 0) is 62.4 Å². The van der Waals surface area contributed by atoms with E-state index in [0.717, 1.165) is 35.1 Å². The highest BCUT2D eigenvalue weighted by atomic mass is 16.5. The van der Waals surface area contributed by atoms with Crippen molar-refractivity contribution in [3.63, 3.8) is 0 Å². The molecule has 1 aliphatic rings. The SMILES string of the molecule is CCOC(=O)/C=C/c1c(C#N)c2c(C)cc(C)nc2n1C1CCc2ccccc21. The number of carbonyl (C=O) groups excluding carboxylic acids is 1. The minimum atomic E-state index is -0.416. The summed E-state index contributed by atoms with van der Waals surface area (Å²) < 4.78 is 7.18. The van der Waals surface area contributed by atoms with Gasteiger partial charge in [0, 0.05) is 17.2 Å².